The SMILES string of the molecule is CC(C)COCCOc1ccc2nnnn2n1. The van der Waals surface area contributed by atoms with Gasteiger partial charge in [-0.2, -0.15) is 0 Å². The summed E-state index contributed by atoms with van der Waals surface area (Å²) in [7, 11) is 0. The average Bonchev–Trinajstić information content (AvgIpc) is 2.75. The molecule has 2 aromatic heterocycles. The molecule has 92 valence electrons. The van der Waals surface area contributed by atoms with E-state index in [1.54, 1.807) is 12.1 Å². The Morgan fingerprint density at radius 3 is 3.00 bits per heavy atom. The summed E-state index contributed by atoms with van der Waals surface area (Å²) in [5.41, 5.74) is 0.591. The van der Waals surface area contributed by atoms with Gasteiger partial charge < -0.3 is 9.47 Å². The number of rotatable bonds is 6. The maximum Gasteiger partial charge on any atom is 0.233 e. The predicted octanol–water partition coefficient (Wildman–Crippen LogP) is 0.571. The summed E-state index contributed by atoms with van der Waals surface area (Å²) < 4.78 is 12.1. The van der Waals surface area contributed by atoms with E-state index in [0.717, 1.165) is 6.61 Å². The van der Waals surface area contributed by atoms with E-state index in [2.05, 4.69) is 34.5 Å². The highest BCUT2D eigenvalue weighted by Gasteiger charge is 2.01. The van der Waals surface area contributed by atoms with Gasteiger partial charge in [-0.25, -0.2) is 0 Å². The molecular formula is C10H15N5O2. The second-order valence-electron chi connectivity index (χ2n) is 4.02. The minimum absolute atomic E-state index is 0.466. The molecule has 0 bridgehead atoms. The van der Waals surface area contributed by atoms with Gasteiger partial charge in [0.25, 0.3) is 0 Å². The van der Waals surface area contributed by atoms with Crippen LogP contribution in [-0.2, 0) is 4.74 Å². The van der Waals surface area contributed by atoms with Gasteiger partial charge in [0.2, 0.25) is 5.88 Å². The molecule has 0 aliphatic rings. The first-order valence-electron chi connectivity index (χ1n) is 5.51. The Labute approximate surface area is 98.7 Å². The lowest BCUT2D eigenvalue weighted by Crippen LogP contribution is -2.11. The third kappa shape index (κ3) is 3.35. The first-order chi connectivity index (χ1) is 8.25. The van der Waals surface area contributed by atoms with Crippen molar-refractivity contribution in [1.82, 2.24) is 25.3 Å². The first-order valence-corrected chi connectivity index (χ1v) is 5.51. The fraction of sp³-hybridized carbons (Fsp3) is 0.600. The van der Waals surface area contributed by atoms with E-state index in [-0.39, 0.29) is 0 Å². The van der Waals surface area contributed by atoms with Crippen molar-refractivity contribution in [3.8, 4) is 5.88 Å². The van der Waals surface area contributed by atoms with Crippen LogP contribution in [-0.4, -0.2) is 45.1 Å². The monoisotopic (exact) mass is 237 g/mol. The molecule has 0 aromatic carbocycles. The summed E-state index contributed by atoms with van der Waals surface area (Å²) in [5, 5.41) is 15.0. The van der Waals surface area contributed by atoms with Gasteiger partial charge in [0.15, 0.2) is 5.65 Å². The maximum atomic E-state index is 5.41. The summed E-state index contributed by atoms with van der Waals surface area (Å²) in [6.07, 6.45) is 0. The highest BCUT2D eigenvalue weighted by Crippen LogP contribution is 2.05. The fourth-order valence-corrected chi connectivity index (χ4v) is 1.23. The van der Waals surface area contributed by atoms with Crippen molar-refractivity contribution in [3.63, 3.8) is 0 Å². The third-order valence-corrected chi connectivity index (χ3v) is 1.97. The average molecular weight is 237 g/mol. The second kappa shape index (κ2) is 5.53. The number of nitrogens with zero attached hydrogens (tertiary/aromatic N) is 5. The molecule has 7 heteroatoms. The molecule has 0 saturated carbocycles. The van der Waals surface area contributed by atoms with E-state index in [1.165, 1.54) is 4.63 Å². The van der Waals surface area contributed by atoms with Gasteiger partial charge in [0.05, 0.1) is 6.61 Å². The van der Waals surface area contributed by atoms with Crippen LogP contribution >= 0.6 is 0 Å². The molecule has 17 heavy (non-hydrogen) atoms. The minimum atomic E-state index is 0.466. The van der Waals surface area contributed by atoms with Crippen LogP contribution in [0, 0.1) is 5.92 Å². The van der Waals surface area contributed by atoms with Crippen molar-refractivity contribution < 1.29 is 9.47 Å². The number of hydrogen-bond donors (Lipinski definition) is 0. The Morgan fingerprint density at radius 2 is 2.18 bits per heavy atom. The molecule has 0 unspecified atom stereocenters. The van der Waals surface area contributed by atoms with Gasteiger partial charge in [-0.15, -0.1) is 14.8 Å². The number of fused-ring (bicyclic) bond motifs is 1. The van der Waals surface area contributed by atoms with E-state index in [4.69, 9.17) is 9.47 Å². The van der Waals surface area contributed by atoms with Gasteiger partial charge in [-0.3, -0.25) is 0 Å². The molecular weight excluding hydrogens is 222 g/mol. The Bertz CT molecular complexity index is 470. The van der Waals surface area contributed by atoms with Gasteiger partial charge in [0, 0.05) is 12.7 Å². The molecule has 0 amide bonds. The number of hydrogen-bond acceptors (Lipinski definition) is 6. The van der Waals surface area contributed by atoms with Crippen molar-refractivity contribution in [3.05, 3.63) is 12.1 Å². The summed E-state index contributed by atoms with van der Waals surface area (Å²) in [5.74, 6) is 1.02. The van der Waals surface area contributed by atoms with Crippen LogP contribution in [0.4, 0.5) is 0 Å². The molecule has 2 heterocycles. The van der Waals surface area contributed by atoms with E-state index < -0.39 is 0 Å². The highest BCUT2D eigenvalue weighted by molar-refractivity contribution is 5.34. The van der Waals surface area contributed by atoms with Crippen molar-refractivity contribution in [1.29, 1.82) is 0 Å². The smallest absolute Gasteiger partial charge is 0.233 e. The quantitative estimate of drug-likeness (QED) is 0.684. The molecule has 0 spiro atoms. The molecule has 2 aromatic rings. The number of aromatic nitrogens is 5. The Morgan fingerprint density at radius 1 is 1.29 bits per heavy atom. The standard InChI is InChI=1S/C10H15N5O2/c1-8(2)7-16-5-6-17-10-4-3-9-11-13-14-15(9)12-10/h3-4,8H,5-7H2,1-2H3. The topological polar surface area (TPSA) is 74.4 Å². The van der Waals surface area contributed by atoms with Crippen molar-refractivity contribution in [2.45, 2.75) is 13.8 Å². The van der Waals surface area contributed by atoms with Crippen LogP contribution in [0.3, 0.4) is 0 Å². The fourth-order valence-electron chi connectivity index (χ4n) is 1.23. The van der Waals surface area contributed by atoms with Crippen LogP contribution in [0.25, 0.3) is 5.65 Å². The number of ether oxygens (including phenoxy) is 2. The lowest BCUT2D eigenvalue weighted by molar-refractivity contribution is 0.0802. The van der Waals surface area contributed by atoms with Crippen LogP contribution in [0.5, 0.6) is 5.88 Å². The Hall–Kier alpha value is -1.76. The molecule has 0 N–H and O–H groups in total. The van der Waals surface area contributed by atoms with E-state index in [1.807, 2.05) is 0 Å². The van der Waals surface area contributed by atoms with Gasteiger partial charge >= 0.3 is 0 Å². The van der Waals surface area contributed by atoms with Crippen LogP contribution in [0.2, 0.25) is 0 Å². The van der Waals surface area contributed by atoms with E-state index in [0.29, 0.717) is 30.7 Å². The molecule has 0 fully saturated rings. The van der Waals surface area contributed by atoms with E-state index >= 15 is 0 Å². The van der Waals surface area contributed by atoms with Crippen molar-refractivity contribution in [2.24, 2.45) is 5.92 Å². The zero-order valence-corrected chi connectivity index (χ0v) is 9.91. The molecule has 0 aliphatic heterocycles. The molecule has 0 saturated heterocycles. The van der Waals surface area contributed by atoms with E-state index in [9.17, 15) is 0 Å². The summed E-state index contributed by atoms with van der Waals surface area (Å²) in [6, 6.07) is 3.48. The zero-order valence-electron chi connectivity index (χ0n) is 9.91. The zero-order chi connectivity index (χ0) is 12.1. The molecule has 0 radical (unpaired) electrons. The lowest BCUT2D eigenvalue weighted by Gasteiger charge is -2.07. The normalized spacial score (nSPS) is 11.2. The van der Waals surface area contributed by atoms with Gasteiger partial charge in [0.1, 0.15) is 6.61 Å². The largest absolute Gasteiger partial charge is 0.474 e. The molecule has 0 atom stereocenters. The summed E-state index contributed by atoms with van der Waals surface area (Å²) >= 11 is 0. The number of tetrazole rings is 1. The van der Waals surface area contributed by atoms with Crippen LogP contribution in [0.1, 0.15) is 13.8 Å². The molecule has 2 rings (SSSR count). The Balaban J connectivity index is 1.78. The predicted molar refractivity (Wildman–Crippen MR) is 59.7 cm³/mol. The van der Waals surface area contributed by atoms with Crippen molar-refractivity contribution >= 4 is 5.65 Å². The molecule has 0 aliphatic carbocycles. The highest BCUT2D eigenvalue weighted by atomic mass is 16.5. The first kappa shape index (κ1) is 11.7. The molecule has 7 nitrogen and oxygen atoms in total. The van der Waals surface area contributed by atoms with Gasteiger partial charge in [-0.1, -0.05) is 13.8 Å². The van der Waals surface area contributed by atoms with Crippen molar-refractivity contribution in [2.75, 3.05) is 19.8 Å². The second-order valence-corrected chi connectivity index (χ2v) is 4.02. The maximum absolute atomic E-state index is 5.41. The van der Waals surface area contributed by atoms with Gasteiger partial charge in [-0.05, 0) is 22.4 Å². The third-order valence-electron chi connectivity index (χ3n) is 1.97. The summed E-state index contributed by atoms with van der Waals surface area (Å²) in [4.78, 5) is 0. The van der Waals surface area contributed by atoms with Crippen LogP contribution < -0.4 is 4.74 Å². The van der Waals surface area contributed by atoms with Crippen LogP contribution in [0.15, 0.2) is 12.1 Å². The summed E-state index contributed by atoms with van der Waals surface area (Å²) in [6.45, 7) is 5.96. The lowest BCUT2D eigenvalue weighted by atomic mass is 10.2. The Kier molecular flexibility index (Phi) is 3.81. The minimum Gasteiger partial charge on any atom is -0.474 e.